The molecular formula is C26H22N2O6. The standard InChI is InChI=1S/C26H22N2O6/c1-15-9-12-21(33-3)20(13-15)27-23(29)22(16-7-5-4-6-8-16)34-26(32)17-10-11-18-19(14-17)25(31)28(2)24(18)30/h4-14,22H,1-3H3,(H,27,29)/t22-/m1/s1. The van der Waals surface area contributed by atoms with Crippen LogP contribution in [0.3, 0.4) is 0 Å². The molecule has 1 atom stereocenters. The molecule has 0 saturated heterocycles. The SMILES string of the molecule is COc1ccc(C)cc1NC(=O)[C@H](OC(=O)c1ccc2c(c1)C(=O)N(C)C2=O)c1ccccc1. The molecule has 0 fully saturated rings. The van der Waals surface area contributed by atoms with Gasteiger partial charge < -0.3 is 14.8 Å². The van der Waals surface area contributed by atoms with Crippen LogP contribution in [0.2, 0.25) is 0 Å². The monoisotopic (exact) mass is 458 g/mol. The van der Waals surface area contributed by atoms with Crippen molar-refractivity contribution in [3.8, 4) is 5.75 Å². The number of carbonyl (C=O) groups is 4. The molecule has 1 N–H and O–H groups in total. The van der Waals surface area contributed by atoms with Gasteiger partial charge in [0.15, 0.2) is 0 Å². The van der Waals surface area contributed by atoms with Crippen molar-refractivity contribution >= 4 is 29.4 Å². The third-order valence-corrected chi connectivity index (χ3v) is 5.50. The number of nitrogens with zero attached hydrogens (tertiary/aromatic N) is 1. The van der Waals surface area contributed by atoms with E-state index < -0.39 is 29.8 Å². The molecule has 0 aliphatic carbocycles. The Bertz CT molecular complexity index is 1300. The molecule has 0 radical (unpaired) electrons. The van der Waals surface area contributed by atoms with Gasteiger partial charge in [-0.05, 0) is 42.8 Å². The number of esters is 1. The minimum atomic E-state index is -1.27. The number of benzene rings is 3. The molecule has 1 aliphatic heterocycles. The Morgan fingerprint density at radius 3 is 2.32 bits per heavy atom. The van der Waals surface area contributed by atoms with Crippen molar-refractivity contribution in [1.29, 1.82) is 0 Å². The molecule has 8 heteroatoms. The third-order valence-electron chi connectivity index (χ3n) is 5.50. The van der Waals surface area contributed by atoms with E-state index in [1.807, 2.05) is 13.0 Å². The zero-order valence-corrected chi connectivity index (χ0v) is 18.8. The molecule has 0 aromatic heterocycles. The Morgan fingerprint density at radius 1 is 0.912 bits per heavy atom. The molecule has 1 aliphatic rings. The first kappa shape index (κ1) is 22.7. The molecule has 0 spiro atoms. The van der Waals surface area contributed by atoms with Gasteiger partial charge in [0.1, 0.15) is 5.75 Å². The number of imide groups is 1. The van der Waals surface area contributed by atoms with Crippen LogP contribution >= 0.6 is 0 Å². The van der Waals surface area contributed by atoms with Gasteiger partial charge in [-0.1, -0.05) is 36.4 Å². The van der Waals surface area contributed by atoms with Crippen molar-refractivity contribution in [3.63, 3.8) is 0 Å². The lowest BCUT2D eigenvalue weighted by molar-refractivity contribution is -0.125. The van der Waals surface area contributed by atoms with Gasteiger partial charge >= 0.3 is 5.97 Å². The van der Waals surface area contributed by atoms with E-state index in [-0.39, 0.29) is 16.7 Å². The number of methoxy groups -OCH3 is 1. The quantitative estimate of drug-likeness (QED) is 0.446. The number of anilines is 1. The van der Waals surface area contributed by atoms with E-state index in [9.17, 15) is 19.2 Å². The van der Waals surface area contributed by atoms with Crippen molar-refractivity contribution in [2.75, 3.05) is 19.5 Å². The summed E-state index contributed by atoms with van der Waals surface area (Å²) in [5.74, 6) is -1.86. The third kappa shape index (κ3) is 4.25. The maximum absolute atomic E-state index is 13.2. The van der Waals surface area contributed by atoms with E-state index in [2.05, 4.69) is 5.32 Å². The van der Waals surface area contributed by atoms with Crippen molar-refractivity contribution in [2.45, 2.75) is 13.0 Å². The van der Waals surface area contributed by atoms with Gasteiger partial charge in [0.2, 0.25) is 6.10 Å². The van der Waals surface area contributed by atoms with E-state index in [1.165, 1.54) is 32.4 Å². The molecule has 0 bridgehead atoms. The second kappa shape index (κ2) is 9.19. The second-order valence-corrected chi connectivity index (χ2v) is 7.82. The van der Waals surface area contributed by atoms with Crippen molar-refractivity contribution < 1.29 is 28.7 Å². The summed E-state index contributed by atoms with van der Waals surface area (Å²) < 4.78 is 10.9. The smallest absolute Gasteiger partial charge is 0.339 e. The van der Waals surface area contributed by atoms with Crippen LogP contribution in [-0.2, 0) is 9.53 Å². The van der Waals surface area contributed by atoms with E-state index in [4.69, 9.17) is 9.47 Å². The Balaban J connectivity index is 1.63. The molecule has 1 heterocycles. The number of carbonyl (C=O) groups excluding carboxylic acids is 4. The van der Waals surface area contributed by atoms with Gasteiger partial charge in [-0.2, -0.15) is 0 Å². The molecule has 172 valence electrons. The molecule has 8 nitrogen and oxygen atoms in total. The van der Waals surface area contributed by atoms with E-state index in [0.717, 1.165) is 10.5 Å². The highest BCUT2D eigenvalue weighted by atomic mass is 16.5. The fourth-order valence-corrected chi connectivity index (χ4v) is 3.68. The molecule has 3 aromatic rings. The summed E-state index contributed by atoms with van der Waals surface area (Å²) in [5, 5.41) is 2.77. The molecule has 0 unspecified atom stereocenters. The average molecular weight is 458 g/mol. The second-order valence-electron chi connectivity index (χ2n) is 7.82. The zero-order chi connectivity index (χ0) is 24.4. The predicted molar refractivity (Wildman–Crippen MR) is 124 cm³/mol. The molecule has 0 saturated carbocycles. The number of fused-ring (bicyclic) bond motifs is 1. The van der Waals surface area contributed by atoms with Gasteiger partial charge in [-0.3, -0.25) is 19.3 Å². The Morgan fingerprint density at radius 2 is 1.62 bits per heavy atom. The normalized spacial score (nSPS) is 13.3. The number of amides is 3. The van der Waals surface area contributed by atoms with Crippen LogP contribution in [0.4, 0.5) is 5.69 Å². The van der Waals surface area contributed by atoms with Gasteiger partial charge in [-0.25, -0.2) is 4.79 Å². The number of nitrogens with one attached hydrogen (secondary N) is 1. The van der Waals surface area contributed by atoms with Crippen LogP contribution in [0.25, 0.3) is 0 Å². The van der Waals surface area contributed by atoms with Crippen LogP contribution in [0, 0.1) is 6.92 Å². The fourth-order valence-electron chi connectivity index (χ4n) is 3.68. The van der Waals surface area contributed by atoms with Crippen LogP contribution in [-0.4, -0.2) is 42.7 Å². The summed E-state index contributed by atoms with van der Waals surface area (Å²) in [7, 11) is 2.87. The maximum atomic E-state index is 13.2. The van der Waals surface area contributed by atoms with Crippen LogP contribution in [0.5, 0.6) is 5.75 Å². The molecule has 34 heavy (non-hydrogen) atoms. The first-order valence-electron chi connectivity index (χ1n) is 10.5. The lowest BCUT2D eigenvalue weighted by Gasteiger charge is -2.19. The summed E-state index contributed by atoms with van der Waals surface area (Å²) >= 11 is 0. The van der Waals surface area contributed by atoms with Crippen molar-refractivity contribution in [2.24, 2.45) is 0 Å². The minimum Gasteiger partial charge on any atom is -0.495 e. The van der Waals surface area contributed by atoms with Crippen molar-refractivity contribution in [1.82, 2.24) is 4.90 Å². The highest BCUT2D eigenvalue weighted by Gasteiger charge is 2.34. The predicted octanol–water partition coefficient (Wildman–Crippen LogP) is 3.77. The fraction of sp³-hybridized carbons (Fsp3) is 0.154. The van der Waals surface area contributed by atoms with Gasteiger partial charge in [-0.15, -0.1) is 0 Å². The van der Waals surface area contributed by atoms with Gasteiger partial charge in [0.25, 0.3) is 17.7 Å². The largest absolute Gasteiger partial charge is 0.495 e. The number of rotatable bonds is 6. The number of ether oxygens (including phenoxy) is 2. The first-order chi connectivity index (χ1) is 16.3. The molecule has 4 rings (SSSR count). The molecule has 3 amide bonds. The Labute approximate surface area is 196 Å². The molecular weight excluding hydrogens is 436 g/mol. The lowest BCUT2D eigenvalue weighted by atomic mass is 10.1. The van der Waals surface area contributed by atoms with Crippen LogP contribution < -0.4 is 10.1 Å². The van der Waals surface area contributed by atoms with Gasteiger partial charge in [0, 0.05) is 12.6 Å². The molecule has 3 aromatic carbocycles. The van der Waals surface area contributed by atoms with E-state index >= 15 is 0 Å². The van der Waals surface area contributed by atoms with E-state index in [0.29, 0.717) is 17.0 Å². The summed E-state index contributed by atoms with van der Waals surface area (Å²) in [5.41, 5.74) is 2.20. The van der Waals surface area contributed by atoms with E-state index in [1.54, 1.807) is 42.5 Å². The topological polar surface area (TPSA) is 102 Å². The highest BCUT2D eigenvalue weighted by Crippen LogP contribution is 2.29. The van der Waals surface area contributed by atoms with Crippen LogP contribution in [0.1, 0.15) is 48.3 Å². The van der Waals surface area contributed by atoms with Crippen molar-refractivity contribution in [3.05, 3.63) is 94.5 Å². The maximum Gasteiger partial charge on any atom is 0.339 e. The summed E-state index contributed by atoms with van der Waals surface area (Å²) in [6.45, 7) is 1.88. The zero-order valence-electron chi connectivity index (χ0n) is 18.8. The number of aryl methyl sites for hydroxylation is 1. The summed E-state index contributed by atoms with van der Waals surface area (Å²) in [4.78, 5) is 51.6. The number of hydrogen-bond donors (Lipinski definition) is 1. The minimum absolute atomic E-state index is 0.0528. The van der Waals surface area contributed by atoms with Crippen LogP contribution in [0.15, 0.2) is 66.7 Å². The first-order valence-corrected chi connectivity index (χ1v) is 10.5. The summed E-state index contributed by atoms with van der Waals surface area (Å²) in [6, 6.07) is 18.0. The highest BCUT2D eigenvalue weighted by molar-refractivity contribution is 6.21. The lowest BCUT2D eigenvalue weighted by Crippen LogP contribution is -2.26. The number of hydrogen-bond acceptors (Lipinski definition) is 6. The van der Waals surface area contributed by atoms with Gasteiger partial charge in [0.05, 0.1) is 29.5 Å². The Kier molecular flexibility index (Phi) is 6.14. The average Bonchev–Trinajstić information content (AvgIpc) is 3.06. The Hall–Kier alpha value is -4.46. The summed E-state index contributed by atoms with van der Waals surface area (Å²) in [6.07, 6.45) is -1.27.